The molecule has 1 fully saturated rings. The molecule has 0 atom stereocenters. The van der Waals surface area contributed by atoms with Crippen LogP contribution in [0, 0.1) is 0 Å². The largest absolute Gasteiger partial charge is 0.378 e. The number of rotatable bonds is 3. The van der Waals surface area contributed by atoms with Crippen molar-refractivity contribution >= 4 is 33.6 Å². The first-order chi connectivity index (χ1) is 8.66. The zero-order valence-corrected chi connectivity index (χ0v) is 11.3. The van der Waals surface area contributed by atoms with Gasteiger partial charge in [0.15, 0.2) is 0 Å². The Kier molecular flexibility index (Phi) is 4.32. The van der Waals surface area contributed by atoms with Gasteiger partial charge in [-0.25, -0.2) is 4.98 Å². The number of aromatic nitrogens is 2. The molecule has 0 bridgehead atoms. The first kappa shape index (κ1) is 13.0. The molecule has 98 valence electrons. The van der Waals surface area contributed by atoms with Gasteiger partial charge in [0.25, 0.3) is 0 Å². The van der Waals surface area contributed by atoms with Crippen LogP contribution in [0.15, 0.2) is 10.7 Å². The molecule has 0 radical (unpaired) electrons. The Balaban J connectivity index is 1.90. The molecule has 2 heterocycles. The SMILES string of the molecule is Nc1ncc(Br)c(NCC(=O)N2CCOCC2)n1. The van der Waals surface area contributed by atoms with Crippen LogP contribution in [0.1, 0.15) is 0 Å². The zero-order valence-electron chi connectivity index (χ0n) is 9.73. The second-order valence-corrected chi connectivity index (χ2v) is 4.63. The molecule has 1 aliphatic rings. The second-order valence-electron chi connectivity index (χ2n) is 3.77. The van der Waals surface area contributed by atoms with Crippen LogP contribution in [0.2, 0.25) is 0 Å². The Morgan fingerprint density at radius 2 is 2.28 bits per heavy atom. The van der Waals surface area contributed by atoms with Crippen molar-refractivity contribution in [2.75, 3.05) is 43.9 Å². The molecule has 3 N–H and O–H groups in total. The predicted molar refractivity (Wildman–Crippen MR) is 70.0 cm³/mol. The summed E-state index contributed by atoms with van der Waals surface area (Å²) >= 11 is 3.29. The minimum atomic E-state index is 0.0161. The summed E-state index contributed by atoms with van der Waals surface area (Å²) in [6.45, 7) is 2.63. The quantitative estimate of drug-likeness (QED) is 0.821. The van der Waals surface area contributed by atoms with Gasteiger partial charge in [-0.05, 0) is 15.9 Å². The van der Waals surface area contributed by atoms with Gasteiger partial charge in [-0.1, -0.05) is 0 Å². The number of amides is 1. The molecule has 1 amide bonds. The van der Waals surface area contributed by atoms with Crippen molar-refractivity contribution in [3.63, 3.8) is 0 Å². The number of hydrogen-bond donors (Lipinski definition) is 2. The number of ether oxygens (including phenoxy) is 1. The topological polar surface area (TPSA) is 93.4 Å². The summed E-state index contributed by atoms with van der Waals surface area (Å²) in [5.41, 5.74) is 5.48. The van der Waals surface area contributed by atoms with Crippen molar-refractivity contribution in [3.8, 4) is 0 Å². The van der Waals surface area contributed by atoms with E-state index in [1.165, 1.54) is 0 Å². The third kappa shape index (κ3) is 3.30. The van der Waals surface area contributed by atoms with Gasteiger partial charge in [-0.3, -0.25) is 4.79 Å². The van der Waals surface area contributed by atoms with Crippen LogP contribution in [0.25, 0.3) is 0 Å². The van der Waals surface area contributed by atoms with Crippen LogP contribution in [-0.4, -0.2) is 53.6 Å². The number of hydrogen-bond acceptors (Lipinski definition) is 6. The van der Waals surface area contributed by atoms with Gasteiger partial charge in [0.1, 0.15) is 5.82 Å². The third-order valence-corrected chi connectivity index (χ3v) is 3.11. The van der Waals surface area contributed by atoms with Crippen molar-refractivity contribution in [1.29, 1.82) is 0 Å². The lowest BCUT2D eigenvalue weighted by Crippen LogP contribution is -2.43. The monoisotopic (exact) mass is 315 g/mol. The van der Waals surface area contributed by atoms with Gasteiger partial charge >= 0.3 is 0 Å². The lowest BCUT2D eigenvalue weighted by atomic mass is 10.4. The van der Waals surface area contributed by atoms with E-state index in [1.807, 2.05) is 0 Å². The van der Waals surface area contributed by atoms with E-state index in [4.69, 9.17) is 10.5 Å². The van der Waals surface area contributed by atoms with Crippen molar-refractivity contribution in [3.05, 3.63) is 10.7 Å². The highest BCUT2D eigenvalue weighted by Crippen LogP contribution is 2.18. The minimum Gasteiger partial charge on any atom is -0.378 e. The molecular formula is C10H14BrN5O2. The fourth-order valence-electron chi connectivity index (χ4n) is 1.59. The van der Waals surface area contributed by atoms with Crippen LogP contribution in [0.3, 0.4) is 0 Å². The van der Waals surface area contributed by atoms with Gasteiger partial charge in [0, 0.05) is 19.3 Å². The van der Waals surface area contributed by atoms with Crippen molar-refractivity contribution in [2.45, 2.75) is 0 Å². The van der Waals surface area contributed by atoms with Crippen LogP contribution in [0.4, 0.5) is 11.8 Å². The van der Waals surface area contributed by atoms with Crippen molar-refractivity contribution in [2.24, 2.45) is 0 Å². The molecule has 0 unspecified atom stereocenters. The van der Waals surface area contributed by atoms with E-state index in [9.17, 15) is 4.79 Å². The molecule has 1 aliphatic heterocycles. The molecule has 1 aromatic heterocycles. The maximum absolute atomic E-state index is 11.9. The predicted octanol–water partition coefficient (Wildman–Crippen LogP) is 0.0920. The molecule has 18 heavy (non-hydrogen) atoms. The first-order valence-corrected chi connectivity index (χ1v) is 6.33. The highest BCUT2D eigenvalue weighted by Gasteiger charge is 2.16. The number of nitrogens with two attached hydrogens (primary N) is 1. The molecule has 0 spiro atoms. The number of anilines is 2. The van der Waals surface area contributed by atoms with Crippen LogP contribution in [0.5, 0.6) is 0 Å². The molecule has 7 nitrogen and oxygen atoms in total. The average molecular weight is 316 g/mol. The van der Waals surface area contributed by atoms with Gasteiger partial charge in [-0.2, -0.15) is 4.98 Å². The summed E-state index contributed by atoms with van der Waals surface area (Å²) < 4.78 is 5.86. The number of halogens is 1. The van der Waals surface area contributed by atoms with Gasteiger partial charge in [0.2, 0.25) is 11.9 Å². The molecule has 8 heteroatoms. The summed E-state index contributed by atoms with van der Waals surface area (Å²) in [4.78, 5) is 21.5. The fraction of sp³-hybridized carbons (Fsp3) is 0.500. The molecule has 1 saturated heterocycles. The van der Waals surface area contributed by atoms with Crippen molar-refractivity contribution in [1.82, 2.24) is 14.9 Å². The standard InChI is InChI=1S/C10H14BrN5O2/c11-7-5-14-10(12)15-9(7)13-6-8(17)16-1-3-18-4-2-16/h5H,1-4,6H2,(H3,12,13,14,15). The van der Waals surface area contributed by atoms with Gasteiger partial charge in [-0.15, -0.1) is 0 Å². The van der Waals surface area contributed by atoms with Crippen LogP contribution in [-0.2, 0) is 9.53 Å². The van der Waals surface area contributed by atoms with Crippen LogP contribution >= 0.6 is 15.9 Å². The summed E-state index contributed by atoms with van der Waals surface area (Å²) in [5.74, 6) is 0.700. The normalized spacial score (nSPS) is 15.5. The van der Waals surface area contributed by atoms with E-state index in [0.717, 1.165) is 0 Å². The number of nitrogens with one attached hydrogen (secondary N) is 1. The molecule has 0 aliphatic carbocycles. The first-order valence-electron chi connectivity index (χ1n) is 5.54. The Hall–Kier alpha value is -1.41. The number of morpholine rings is 1. The van der Waals surface area contributed by atoms with E-state index >= 15 is 0 Å². The Bertz CT molecular complexity index is 436. The molecule has 0 aromatic carbocycles. The molecule has 2 rings (SSSR count). The number of nitrogen functional groups attached to an aromatic ring is 1. The summed E-state index contributed by atoms with van der Waals surface area (Å²) in [6.07, 6.45) is 1.55. The van der Waals surface area contributed by atoms with Crippen molar-refractivity contribution < 1.29 is 9.53 Å². The van der Waals surface area contributed by atoms with Gasteiger partial charge in [0.05, 0.1) is 24.2 Å². The molecule has 0 saturated carbocycles. The van der Waals surface area contributed by atoms with E-state index in [-0.39, 0.29) is 18.4 Å². The fourth-order valence-corrected chi connectivity index (χ4v) is 1.92. The Morgan fingerprint density at radius 1 is 1.56 bits per heavy atom. The zero-order chi connectivity index (χ0) is 13.0. The second kappa shape index (κ2) is 5.96. The lowest BCUT2D eigenvalue weighted by Gasteiger charge is -2.27. The number of nitrogens with zero attached hydrogens (tertiary/aromatic N) is 3. The summed E-state index contributed by atoms with van der Waals surface area (Å²) in [7, 11) is 0. The third-order valence-electron chi connectivity index (χ3n) is 2.53. The summed E-state index contributed by atoms with van der Waals surface area (Å²) in [6, 6.07) is 0. The lowest BCUT2D eigenvalue weighted by molar-refractivity contribution is -0.133. The number of carbonyl (C=O) groups is 1. The highest BCUT2D eigenvalue weighted by atomic mass is 79.9. The average Bonchev–Trinajstić information content (AvgIpc) is 2.40. The Labute approximate surface area is 113 Å². The molecule has 1 aromatic rings. The number of carbonyl (C=O) groups excluding carboxylic acids is 1. The minimum absolute atomic E-state index is 0.0161. The maximum Gasteiger partial charge on any atom is 0.242 e. The van der Waals surface area contributed by atoms with E-state index < -0.39 is 0 Å². The van der Waals surface area contributed by atoms with E-state index in [2.05, 4.69) is 31.2 Å². The van der Waals surface area contributed by atoms with Crippen LogP contribution < -0.4 is 11.1 Å². The maximum atomic E-state index is 11.9. The molecular weight excluding hydrogens is 302 g/mol. The Morgan fingerprint density at radius 3 is 3.00 bits per heavy atom. The smallest absolute Gasteiger partial charge is 0.242 e. The van der Waals surface area contributed by atoms with Gasteiger partial charge < -0.3 is 20.7 Å². The van der Waals surface area contributed by atoms with E-state index in [0.29, 0.717) is 36.6 Å². The highest BCUT2D eigenvalue weighted by molar-refractivity contribution is 9.10. The summed E-state index contributed by atoms with van der Waals surface area (Å²) in [5, 5.41) is 2.94. The van der Waals surface area contributed by atoms with E-state index in [1.54, 1.807) is 11.1 Å².